The first-order chi connectivity index (χ1) is 21.7. The van der Waals surface area contributed by atoms with E-state index < -0.39 is 65.0 Å². The van der Waals surface area contributed by atoms with Crippen molar-refractivity contribution in [1.82, 2.24) is 21.3 Å². The van der Waals surface area contributed by atoms with Crippen molar-refractivity contribution in [3.8, 4) is 0 Å². The molecule has 1 saturated heterocycles. The van der Waals surface area contributed by atoms with Crippen LogP contribution >= 0.6 is 21.6 Å². The van der Waals surface area contributed by atoms with E-state index >= 15 is 0 Å². The predicted octanol–water partition coefficient (Wildman–Crippen LogP) is -0.0633. The number of benzene rings is 2. The molecule has 0 bridgehead atoms. The van der Waals surface area contributed by atoms with Gasteiger partial charge in [0.1, 0.15) is 18.1 Å². The van der Waals surface area contributed by atoms with Crippen molar-refractivity contribution < 1.29 is 33.7 Å². The topological polar surface area (TPSA) is 246 Å². The molecule has 1 aliphatic heterocycles. The molecule has 2 aromatic carbocycles. The van der Waals surface area contributed by atoms with E-state index in [1.807, 2.05) is 13.8 Å². The molecule has 1 fully saturated rings. The van der Waals surface area contributed by atoms with Crippen molar-refractivity contribution in [2.24, 2.45) is 11.5 Å². The molecule has 0 saturated carbocycles. The number of amides is 6. The summed E-state index contributed by atoms with van der Waals surface area (Å²) in [6, 6.07) is 5.37. The average molecular weight is 674 g/mol. The number of rotatable bonds is 9. The number of nitrogens with one attached hydrogen (secondary N) is 4. The van der Waals surface area contributed by atoms with Crippen molar-refractivity contribution in [2.45, 2.75) is 51.2 Å². The number of nitro benzene ring substituents is 1. The molecular formula is C29H35N7O8S2. The van der Waals surface area contributed by atoms with E-state index in [-0.39, 0.29) is 30.0 Å². The Morgan fingerprint density at radius 2 is 1.61 bits per heavy atom. The lowest BCUT2D eigenvalue weighted by Gasteiger charge is -2.24. The molecule has 3 atom stereocenters. The number of non-ortho nitro benzene ring substituents is 1. The fraction of sp³-hybridized carbons (Fsp3) is 0.379. The highest BCUT2D eigenvalue weighted by atomic mass is 33.1. The Labute approximate surface area is 272 Å². The lowest BCUT2D eigenvalue weighted by molar-refractivity contribution is -0.384. The predicted molar refractivity (Wildman–Crippen MR) is 172 cm³/mol. The summed E-state index contributed by atoms with van der Waals surface area (Å²) in [4.78, 5) is 86.0. The van der Waals surface area contributed by atoms with Crippen LogP contribution in [0, 0.1) is 24.0 Å². The van der Waals surface area contributed by atoms with Crippen LogP contribution in [0.3, 0.4) is 0 Å². The molecule has 3 rings (SSSR count). The van der Waals surface area contributed by atoms with Crippen LogP contribution < -0.4 is 32.7 Å². The summed E-state index contributed by atoms with van der Waals surface area (Å²) < 4.78 is 0. The fourth-order valence-corrected chi connectivity index (χ4v) is 6.99. The van der Waals surface area contributed by atoms with Crippen molar-refractivity contribution in [1.29, 1.82) is 0 Å². The SMILES string of the molecule is Cc1cc(C(N)=O)cc(C)c1CCC(=O)N[C@@H]1CSSC[C@H](C(N)=O)NC(=O)[C@H](Cc2ccc([N+](=O)[O-])cc2)NC(=O)CNC1=O. The van der Waals surface area contributed by atoms with Crippen LogP contribution in [0.2, 0.25) is 0 Å². The summed E-state index contributed by atoms with van der Waals surface area (Å²) in [5.41, 5.74) is 14.1. The Morgan fingerprint density at radius 1 is 0.978 bits per heavy atom. The van der Waals surface area contributed by atoms with Gasteiger partial charge in [-0.15, -0.1) is 0 Å². The fourth-order valence-electron chi connectivity index (χ4n) is 4.65. The first kappa shape index (κ1) is 35.8. The molecule has 6 amide bonds. The molecule has 2 aromatic rings. The molecule has 0 radical (unpaired) electrons. The van der Waals surface area contributed by atoms with Crippen molar-refractivity contribution in [3.05, 3.63) is 74.3 Å². The number of hydrogen-bond acceptors (Lipinski definition) is 10. The third-order valence-corrected chi connectivity index (χ3v) is 9.53. The molecule has 1 heterocycles. The van der Waals surface area contributed by atoms with Crippen LogP contribution in [0.4, 0.5) is 5.69 Å². The number of carbonyl (C=O) groups excluding carboxylic acids is 6. The summed E-state index contributed by atoms with van der Waals surface area (Å²) >= 11 is 0. The van der Waals surface area contributed by atoms with Crippen LogP contribution in [0.25, 0.3) is 0 Å². The van der Waals surface area contributed by atoms with Gasteiger partial charge in [0.2, 0.25) is 35.4 Å². The Bertz CT molecular complexity index is 1500. The summed E-state index contributed by atoms with van der Waals surface area (Å²) in [5, 5.41) is 21.2. The zero-order valence-corrected chi connectivity index (χ0v) is 26.8. The van der Waals surface area contributed by atoms with Crippen molar-refractivity contribution in [3.63, 3.8) is 0 Å². The maximum Gasteiger partial charge on any atom is 0.269 e. The number of carbonyl (C=O) groups is 6. The number of nitrogens with two attached hydrogens (primary N) is 2. The number of nitrogens with zero attached hydrogens (tertiary/aromatic N) is 1. The lowest BCUT2D eigenvalue weighted by Crippen LogP contribution is -2.56. The van der Waals surface area contributed by atoms with E-state index in [2.05, 4.69) is 21.3 Å². The van der Waals surface area contributed by atoms with Crippen molar-refractivity contribution in [2.75, 3.05) is 18.1 Å². The van der Waals surface area contributed by atoms with Gasteiger partial charge < -0.3 is 32.7 Å². The second-order valence-electron chi connectivity index (χ2n) is 10.6. The van der Waals surface area contributed by atoms with Gasteiger partial charge in [0.15, 0.2) is 0 Å². The Balaban J connectivity index is 1.71. The molecule has 46 heavy (non-hydrogen) atoms. The monoisotopic (exact) mass is 673 g/mol. The minimum absolute atomic E-state index is 0.0338. The molecule has 0 aromatic heterocycles. The van der Waals surface area contributed by atoms with Crippen molar-refractivity contribution >= 4 is 62.7 Å². The molecule has 0 unspecified atom stereocenters. The van der Waals surface area contributed by atoms with E-state index in [4.69, 9.17) is 11.5 Å². The molecule has 0 spiro atoms. The van der Waals surface area contributed by atoms with Crippen LogP contribution in [-0.4, -0.2) is 76.5 Å². The van der Waals surface area contributed by atoms with Gasteiger partial charge in [-0.25, -0.2) is 0 Å². The molecule has 17 heteroatoms. The highest BCUT2D eigenvalue weighted by Gasteiger charge is 2.28. The lowest BCUT2D eigenvalue weighted by atomic mass is 9.95. The Kier molecular flexibility index (Phi) is 12.9. The normalized spacial score (nSPS) is 19.5. The molecular weight excluding hydrogens is 638 g/mol. The third kappa shape index (κ3) is 10.5. The minimum Gasteiger partial charge on any atom is -0.368 e. The average Bonchev–Trinajstić information content (AvgIpc) is 2.99. The van der Waals surface area contributed by atoms with Gasteiger partial charge in [-0.3, -0.25) is 38.9 Å². The number of aryl methyl sites for hydroxylation is 2. The van der Waals surface area contributed by atoms with Gasteiger partial charge in [-0.2, -0.15) is 0 Å². The smallest absolute Gasteiger partial charge is 0.269 e. The summed E-state index contributed by atoms with van der Waals surface area (Å²) in [7, 11) is 2.33. The van der Waals surface area contributed by atoms with Gasteiger partial charge >= 0.3 is 0 Å². The Hall–Kier alpha value is -4.64. The minimum atomic E-state index is -1.20. The maximum atomic E-state index is 13.1. The first-order valence-electron chi connectivity index (χ1n) is 14.1. The van der Waals surface area contributed by atoms with Crippen LogP contribution in [0.1, 0.15) is 39.0 Å². The van der Waals surface area contributed by atoms with Gasteiger partial charge in [0, 0.05) is 42.0 Å². The third-order valence-electron chi connectivity index (χ3n) is 7.11. The second-order valence-corrected chi connectivity index (χ2v) is 13.1. The molecule has 15 nitrogen and oxygen atoms in total. The highest BCUT2D eigenvalue weighted by molar-refractivity contribution is 8.76. The zero-order chi connectivity index (χ0) is 34.0. The second kappa shape index (κ2) is 16.6. The zero-order valence-electron chi connectivity index (χ0n) is 25.1. The van der Waals surface area contributed by atoms with E-state index in [1.54, 1.807) is 12.1 Å². The highest BCUT2D eigenvalue weighted by Crippen LogP contribution is 2.24. The van der Waals surface area contributed by atoms with Gasteiger partial charge in [0.05, 0.1) is 11.5 Å². The number of hydrogen-bond donors (Lipinski definition) is 6. The van der Waals surface area contributed by atoms with E-state index in [9.17, 15) is 38.9 Å². The van der Waals surface area contributed by atoms with Gasteiger partial charge in [0.25, 0.3) is 5.69 Å². The van der Waals surface area contributed by atoms with E-state index in [1.165, 1.54) is 35.1 Å². The number of primary amides is 2. The molecule has 0 aliphatic carbocycles. The molecule has 8 N–H and O–H groups in total. The number of nitro groups is 1. The summed E-state index contributed by atoms with van der Waals surface area (Å²) in [6.07, 6.45) is 0.316. The molecule has 1 aliphatic rings. The maximum absolute atomic E-state index is 13.1. The van der Waals surface area contributed by atoms with Crippen LogP contribution in [-0.2, 0) is 36.8 Å². The van der Waals surface area contributed by atoms with Gasteiger partial charge in [-0.1, -0.05) is 33.7 Å². The van der Waals surface area contributed by atoms with Crippen LogP contribution in [0.5, 0.6) is 0 Å². The van der Waals surface area contributed by atoms with E-state index in [0.717, 1.165) is 27.5 Å². The molecule has 246 valence electrons. The van der Waals surface area contributed by atoms with Crippen LogP contribution in [0.15, 0.2) is 36.4 Å². The van der Waals surface area contributed by atoms with Gasteiger partial charge in [-0.05, 0) is 54.7 Å². The summed E-state index contributed by atoms with van der Waals surface area (Å²) in [6.45, 7) is 3.11. The summed E-state index contributed by atoms with van der Waals surface area (Å²) in [5.74, 6) is -3.72. The quantitative estimate of drug-likeness (QED) is 0.118. The van der Waals surface area contributed by atoms with E-state index in [0.29, 0.717) is 17.5 Å². The first-order valence-corrected chi connectivity index (χ1v) is 16.6. The largest absolute Gasteiger partial charge is 0.368 e. The Morgan fingerprint density at radius 3 is 2.20 bits per heavy atom. The standard InChI is InChI=1S/C29H35N7O8S2/c1-15-9-18(26(30)39)10-16(2)20(15)7-8-24(37)34-23-14-46-45-13-22(27(31)40)35-29(42)21(33-25(38)12-32-28(23)41)11-17-3-5-19(6-4-17)36(43)44/h3-6,9-10,21-23H,7-8,11-14H2,1-2H3,(H2,30,39)(H2,31,40)(H,32,41)(H,33,38)(H,34,37)(H,35,42)/t21-,22+,23+/m0/s1.